The molecule has 23 heavy (non-hydrogen) atoms. The van der Waals surface area contributed by atoms with E-state index in [1.807, 2.05) is 30.3 Å². The molecule has 0 fully saturated rings. The molecule has 0 aliphatic rings. The van der Waals surface area contributed by atoms with Crippen LogP contribution in [-0.2, 0) is 10.0 Å². The van der Waals surface area contributed by atoms with Gasteiger partial charge in [0.25, 0.3) is 5.91 Å². The van der Waals surface area contributed by atoms with Crippen LogP contribution in [0.4, 0.5) is 0 Å². The zero-order valence-corrected chi connectivity index (χ0v) is 13.8. The first-order valence-electron chi connectivity index (χ1n) is 6.75. The molecule has 0 aliphatic heterocycles. The highest BCUT2D eigenvalue weighted by molar-refractivity contribution is 7.91. The van der Waals surface area contributed by atoms with Gasteiger partial charge in [-0.25, -0.2) is 13.6 Å². The lowest BCUT2D eigenvalue weighted by Crippen LogP contribution is -2.26. The number of fused-ring (bicyclic) bond motifs is 1. The summed E-state index contributed by atoms with van der Waals surface area (Å²) < 4.78 is 28.2. The fourth-order valence-corrected chi connectivity index (χ4v) is 3.74. The van der Waals surface area contributed by atoms with E-state index in [0.29, 0.717) is 5.76 Å². The number of benzene rings is 1. The highest BCUT2D eigenvalue weighted by Gasteiger charge is 2.18. The fraction of sp³-hybridized carbons (Fsp3) is 0.133. The van der Waals surface area contributed by atoms with Crippen molar-refractivity contribution in [1.29, 1.82) is 0 Å². The number of para-hydroxylation sites is 1. The molecule has 8 heteroatoms. The summed E-state index contributed by atoms with van der Waals surface area (Å²) in [4.78, 5) is 12.2. The molecule has 3 N–H and O–H groups in total. The summed E-state index contributed by atoms with van der Waals surface area (Å²) in [6.07, 6.45) is 0. The van der Waals surface area contributed by atoms with Crippen LogP contribution in [0.3, 0.4) is 0 Å². The van der Waals surface area contributed by atoms with E-state index in [-0.39, 0.29) is 21.7 Å². The molecule has 1 atom stereocenters. The Bertz CT molecular complexity index is 939. The number of carbonyl (C=O) groups is 1. The van der Waals surface area contributed by atoms with E-state index < -0.39 is 10.0 Å². The Morgan fingerprint density at radius 1 is 1.30 bits per heavy atom. The van der Waals surface area contributed by atoms with Gasteiger partial charge in [0.15, 0.2) is 0 Å². The third-order valence-corrected chi connectivity index (χ3v) is 5.72. The molecule has 3 aromatic rings. The maximum Gasteiger partial charge on any atom is 0.252 e. The maximum atomic E-state index is 12.2. The van der Waals surface area contributed by atoms with Gasteiger partial charge in [0.05, 0.1) is 11.6 Å². The first-order chi connectivity index (χ1) is 10.8. The van der Waals surface area contributed by atoms with E-state index in [1.165, 1.54) is 11.4 Å². The van der Waals surface area contributed by atoms with Crippen LogP contribution < -0.4 is 10.5 Å². The summed E-state index contributed by atoms with van der Waals surface area (Å²) in [5.41, 5.74) is 0.998. The predicted octanol–water partition coefficient (Wildman–Crippen LogP) is 2.63. The topological polar surface area (TPSA) is 102 Å². The van der Waals surface area contributed by atoms with Gasteiger partial charge < -0.3 is 9.73 Å². The smallest absolute Gasteiger partial charge is 0.252 e. The second-order valence-electron chi connectivity index (χ2n) is 5.08. The summed E-state index contributed by atoms with van der Waals surface area (Å²) in [7, 11) is -3.79. The number of rotatable bonds is 4. The van der Waals surface area contributed by atoms with Crippen molar-refractivity contribution in [2.75, 3.05) is 0 Å². The van der Waals surface area contributed by atoms with E-state index in [4.69, 9.17) is 9.56 Å². The number of sulfonamides is 1. The lowest BCUT2D eigenvalue weighted by molar-refractivity contribution is 0.0936. The van der Waals surface area contributed by atoms with Gasteiger partial charge in [-0.3, -0.25) is 4.79 Å². The molecular formula is C15H14N2O4S2. The molecular weight excluding hydrogens is 336 g/mol. The van der Waals surface area contributed by atoms with Crippen LogP contribution in [0.5, 0.6) is 0 Å². The fourth-order valence-electron chi connectivity index (χ4n) is 2.15. The quantitative estimate of drug-likeness (QED) is 0.755. The van der Waals surface area contributed by atoms with E-state index in [9.17, 15) is 13.2 Å². The van der Waals surface area contributed by atoms with Gasteiger partial charge in [0, 0.05) is 10.8 Å². The summed E-state index contributed by atoms with van der Waals surface area (Å²) in [6.45, 7) is 1.79. The van der Waals surface area contributed by atoms with Crippen molar-refractivity contribution in [2.24, 2.45) is 5.14 Å². The van der Waals surface area contributed by atoms with Gasteiger partial charge in [0.1, 0.15) is 15.6 Å². The molecule has 2 aromatic heterocycles. The van der Waals surface area contributed by atoms with Crippen molar-refractivity contribution < 1.29 is 17.6 Å². The molecule has 120 valence electrons. The monoisotopic (exact) mass is 350 g/mol. The number of nitrogens with one attached hydrogen (secondary N) is 1. The second-order valence-corrected chi connectivity index (χ2v) is 7.78. The van der Waals surface area contributed by atoms with Crippen molar-refractivity contribution in [3.8, 4) is 0 Å². The Kier molecular flexibility index (Phi) is 3.97. The van der Waals surface area contributed by atoms with Gasteiger partial charge in [-0.2, -0.15) is 0 Å². The summed E-state index contributed by atoms with van der Waals surface area (Å²) >= 11 is 0.914. The molecule has 0 saturated carbocycles. The minimum absolute atomic E-state index is 0.0426. The molecule has 0 bridgehead atoms. The van der Waals surface area contributed by atoms with Gasteiger partial charge in [-0.15, -0.1) is 11.3 Å². The Labute approximate surface area is 137 Å². The van der Waals surface area contributed by atoms with Gasteiger partial charge in [-0.1, -0.05) is 18.2 Å². The third-order valence-electron chi connectivity index (χ3n) is 3.34. The summed E-state index contributed by atoms with van der Waals surface area (Å²) in [6, 6.07) is 10.3. The number of hydrogen-bond acceptors (Lipinski definition) is 5. The van der Waals surface area contributed by atoms with E-state index in [1.54, 1.807) is 6.92 Å². The Morgan fingerprint density at radius 2 is 2.04 bits per heavy atom. The zero-order chi connectivity index (χ0) is 16.6. The van der Waals surface area contributed by atoms with Crippen LogP contribution in [0.2, 0.25) is 0 Å². The average Bonchev–Trinajstić information content (AvgIpc) is 3.13. The Morgan fingerprint density at radius 3 is 2.70 bits per heavy atom. The lowest BCUT2D eigenvalue weighted by atomic mass is 10.2. The standard InChI is InChI=1S/C15H14N2O4S2/c1-9(13-6-10-4-2-3-5-12(10)21-13)17-15(18)11-7-14(22-8-11)23(16,19)20/h2-9H,1H3,(H,17,18)(H2,16,19,20). The molecule has 1 aromatic carbocycles. The molecule has 0 saturated heterocycles. The van der Waals surface area contributed by atoms with Crippen molar-refractivity contribution in [3.63, 3.8) is 0 Å². The van der Waals surface area contributed by atoms with Crippen molar-refractivity contribution in [2.45, 2.75) is 17.2 Å². The third kappa shape index (κ3) is 3.29. The lowest BCUT2D eigenvalue weighted by Gasteiger charge is -2.10. The van der Waals surface area contributed by atoms with Crippen LogP contribution in [0, 0.1) is 0 Å². The molecule has 6 nitrogen and oxygen atoms in total. The Balaban J connectivity index is 1.78. The molecule has 3 rings (SSSR count). The molecule has 1 unspecified atom stereocenters. The van der Waals surface area contributed by atoms with Crippen LogP contribution in [0.15, 0.2) is 50.4 Å². The van der Waals surface area contributed by atoms with Crippen LogP contribution in [0.25, 0.3) is 11.0 Å². The molecule has 0 radical (unpaired) electrons. The number of amides is 1. The number of hydrogen-bond donors (Lipinski definition) is 2. The van der Waals surface area contributed by atoms with Gasteiger partial charge in [0.2, 0.25) is 10.0 Å². The number of thiophene rings is 1. The first kappa shape index (κ1) is 15.7. The van der Waals surface area contributed by atoms with Gasteiger partial charge >= 0.3 is 0 Å². The zero-order valence-electron chi connectivity index (χ0n) is 12.1. The minimum Gasteiger partial charge on any atom is -0.459 e. The van der Waals surface area contributed by atoms with E-state index in [2.05, 4.69) is 5.32 Å². The van der Waals surface area contributed by atoms with Crippen LogP contribution >= 0.6 is 11.3 Å². The SMILES string of the molecule is CC(NC(=O)c1csc(S(N)(=O)=O)c1)c1cc2ccccc2o1. The number of primary sulfonamides is 1. The van der Waals surface area contributed by atoms with Gasteiger partial charge in [-0.05, 0) is 25.1 Å². The second kappa shape index (κ2) is 5.80. The molecule has 1 amide bonds. The highest BCUT2D eigenvalue weighted by atomic mass is 32.2. The number of carbonyl (C=O) groups excluding carboxylic acids is 1. The molecule has 0 spiro atoms. The van der Waals surface area contributed by atoms with E-state index >= 15 is 0 Å². The highest BCUT2D eigenvalue weighted by Crippen LogP contribution is 2.24. The minimum atomic E-state index is -3.79. The van der Waals surface area contributed by atoms with Crippen LogP contribution in [0.1, 0.15) is 29.1 Å². The molecule has 2 heterocycles. The first-order valence-corrected chi connectivity index (χ1v) is 9.18. The number of furan rings is 1. The van der Waals surface area contributed by atoms with Crippen molar-refractivity contribution in [3.05, 3.63) is 53.1 Å². The van der Waals surface area contributed by atoms with Crippen LogP contribution in [-0.4, -0.2) is 14.3 Å². The Hall–Kier alpha value is -2.16. The van der Waals surface area contributed by atoms with Crippen molar-refractivity contribution >= 4 is 38.2 Å². The molecule has 0 aliphatic carbocycles. The normalized spacial score (nSPS) is 13.1. The van der Waals surface area contributed by atoms with Crippen molar-refractivity contribution in [1.82, 2.24) is 5.32 Å². The maximum absolute atomic E-state index is 12.2. The average molecular weight is 350 g/mol. The van der Waals surface area contributed by atoms with E-state index in [0.717, 1.165) is 22.3 Å². The summed E-state index contributed by atoms with van der Waals surface area (Å²) in [5.74, 6) is 0.241. The number of nitrogens with two attached hydrogens (primary N) is 1. The summed E-state index contributed by atoms with van der Waals surface area (Å²) in [5, 5.41) is 10.2. The largest absolute Gasteiger partial charge is 0.459 e. The predicted molar refractivity (Wildman–Crippen MR) is 87.8 cm³/mol.